The zero-order valence-electron chi connectivity index (χ0n) is 9.26. The summed E-state index contributed by atoms with van der Waals surface area (Å²) in [5, 5.41) is 2.44. The van der Waals surface area contributed by atoms with Crippen molar-refractivity contribution in [2.45, 2.75) is 5.92 Å². The molecule has 5 nitrogen and oxygen atoms in total. The van der Waals surface area contributed by atoms with Crippen molar-refractivity contribution in [3.8, 4) is 0 Å². The van der Waals surface area contributed by atoms with Crippen LogP contribution in [0, 0.1) is 0 Å². The highest BCUT2D eigenvalue weighted by molar-refractivity contribution is 5.88. The van der Waals surface area contributed by atoms with E-state index in [9.17, 15) is 9.59 Å². The molecule has 2 amide bonds. The van der Waals surface area contributed by atoms with Gasteiger partial charge in [-0.3, -0.25) is 9.59 Å². The standard InChI is InChI=1S/C11H15N3O2.ClH/c12-6-9(8-4-2-1-3-5-8)11(16)14-7-10(13)15;/h1-5,9H,6-7,12H2,(H2,13,15)(H,14,16);1H. The summed E-state index contributed by atoms with van der Waals surface area (Å²) in [5.74, 6) is -1.30. The first-order valence-electron chi connectivity index (χ1n) is 4.96. The molecule has 0 fully saturated rings. The highest BCUT2D eigenvalue weighted by Gasteiger charge is 2.18. The maximum Gasteiger partial charge on any atom is 0.236 e. The third-order valence-electron chi connectivity index (χ3n) is 2.19. The maximum absolute atomic E-state index is 11.7. The van der Waals surface area contributed by atoms with Crippen LogP contribution in [-0.4, -0.2) is 24.9 Å². The summed E-state index contributed by atoms with van der Waals surface area (Å²) in [5.41, 5.74) is 11.3. The van der Waals surface area contributed by atoms with Gasteiger partial charge in [-0.15, -0.1) is 12.4 Å². The number of nitrogens with two attached hydrogens (primary N) is 2. The van der Waals surface area contributed by atoms with Gasteiger partial charge in [0.15, 0.2) is 0 Å². The molecule has 94 valence electrons. The number of rotatable bonds is 5. The number of amides is 2. The molecular weight excluding hydrogens is 242 g/mol. The first-order valence-corrected chi connectivity index (χ1v) is 4.96. The lowest BCUT2D eigenvalue weighted by Crippen LogP contribution is -2.38. The number of primary amides is 1. The van der Waals surface area contributed by atoms with E-state index in [1.165, 1.54) is 0 Å². The van der Waals surface area contributed by atoms with Crippen LogP contribution in [0.4, 0.5) is 0 Å². The molecule has 0 aliphatic heterocycles. The van der Waals surface area contributed by atoms with Crippen LogP contribution in [0.25, 0.3) is 0 Å². The number of carbonyl (C=O) groups is 2. The minimum Gasteiger partial charge on any atom is -0.368 e. The quantitative estimate of drug-likeness (QED) is 0.679. The average molecular weight is 258 g/mol. The summed E-state index contributed by atoms with van der Waals surface area (Å²) in [6.07, 6.45) is 0. The lowest BCUT2D eigenvalue weighted by Gasteiger charge is -2.14. The number of hydrogen-bond donors (Lipinski definition) is 3. The van der Waals surface area contributed by atoms with Gasteiger partial charge in [-0.05, 0) is 5.56 Å². The Bertz CT molecular complexity index is 370. The Morgan fingerprint density at radius 2 is 1.82 bits per heavy atom. The molecule has 1 atom stereocenters. The summed E-state index contributed by atoms with van der Waals surface area (Å²) >= 11 is 0. The van der Waals surface area contributed by atoms with Crippen LogP contribution in [0.1, 0.15) is 11.5 Å². The highest BCUT2D eigenvalue weighted by Crippen LogP contribution is 2.13. The summed E-state index contributed by atoms with van der Waals surface area (Å²) < 4.78 is 0. The van der Waals surface area contributed by atoms with Gasteiger partial charge >= 0.3 is 0 Å². The van der Waals surface area contributed by atoms with Crippen molar-refractivity contribution >= 4 is 24.2 Å². The van der Waals surface area contributed by atoms with E-state index in [-0.39, 0.29) is 31.4 Å². The predicted molar refractivity (Wildman–Crippen MR) is 67.7 cm³/mol. The molecular formula is C11H16ClN3O2. The third-order valence-corrected chi connectivity index (χ3v) is 2.19. The largest absolute Gasteiger partial charge is 0.368 e. The van der Waals surface area contributed by atoms with Gasteiger partial charge in [0, 0.05) is 6.54 Å². The van der Waals surface area contributed by atoms with Gasteiger partial charge in [-0.2, -0.15) is 0 Å². The zero-order valence-corrected chi connectivity index (χ0v) is 10.1. The molecule has 1 rings (SSSR count). The van der Waals surface area contributed by atoms with Crippen LogP contribution in [0.15, 0.2) is 30.3 Å². The molecule has 0 saturated carbocycles. The van der Waals surface area contributed by atoms with Crippen molar-refractivity contribution in [1.82, 2.24) is 5.32 Å². The van der Waals surface area contributed by atoms with Crippen molar-refractivity contribution in [1.29, 1.82) is 0 Å². The Hall–Kier alpha value is -1.59. The summed E-state index contributed by atoms with van der Waals surface area (Å²) in [6, 6.07) is 9.17. The van der Waals surface area contributed by atoms with Crippen molar-refractivity contribution < 1.29 is 9.59 Å². The third kappa shape index (κ3) is 4.84. The molecule has 1 unspecified atom stereocenters. The molecule has 0 spiro atoms. The zero-order chi connectivity index (χ0) is 12.0. The van der Waals surface area contributed by atoms with Gasteiger partial charge in [0.1, 0.15) is 0 Å². The van der Waals surface area contributed by atoms with E-state index in [0.29, 0.717) is 0 Å². The van der Waals surface area contributed by atoms with Crippen molar-refractivity contribution in [2.24, 2.45) is 11.5 Å². The second-order valence-electron chi connectivity index (χ2n) is 3.38. The topological polar surface area (TPSA) is 98.2 Å². The van der Waals surface area contributed by atoms with Crippen LogP contribution in [0.2, 0.25) is 0 Å². The molecule has 1 aromatic carbocycles. The van der Waals surface area contributed by atoms with Gasteiger partial charge in [0.2, 0.25) is 11.8 Å². The van der Waals surface area contributed by atoms with Crippen molar-refractivity contribution in [2.75, 3.05) is 13.1 Å². The molecule has 0 heterocycles. The van der Waals surface area contributed by atoms with E-state index in [2.05, 4.69) is 5.32 Å². The van der Waals surface area contributed by atoms with E-state index < -0.39 is 11.8 Å². The molecule has 1 aromatic rings. The Kier molecular flexibility index (Phi) is 6.93. The summed E-state index contributed by atoms with van der Waals surface area (Å²) in [4.78, 5) is 22.2. The Morgan fingerprint density at radius 3 is 2.29 bits per heavy atom. The summed E-state index contributed by atoms with van der Waals surface area (Å²) in [6.45, 7) is 0.0246. The van der Waals surface area contributed by atoms with E-state index in [1.54, 1.807) is 0 Å². The monoisotopic (exact) mass is 257 g/mol. The van der Waals surface area contributed by atoms with Gasteiger partial charge in [0.05, 0.1) is 12.5 Å². The first kappa shape index (κ1) is 15.4. The number of nitrogens with one attached hydrogen (secondary N) is 1. The first-order chi connectivity index (χ1) is 7.65. The molecule has 5 N–H and O–H groups in total. The molecule has 0 radical (unpaired) electrons. The lowest BCUT2D eigenvalue weighted by molar-refractivity contribution is -0.125. The second kappa shape index (κ2) is 7.65. The fourth-order valence-electron chi connectivity index (χ4n) is 1.38. The van der Waals surface area contributed by atoms with E-state index in [4.69, 9.17) is 11.5 Å². The molecule has 0 saturated heterocycles. The molecule has 17 heavy (non-hydrogen) atoms. The molecule has 0 aromatic heterocycles. The molecule has 6 heteroatoms. The molecule has 0 aliphatic rings. The molecule has 0 aliphatic carbocycles. The Labute approximate surface area is 106 Å². The Balaban J connectivity index is 0.00000256. The minimum atomic E-state index is -0.572. The normalized spacial score (nSPS) is 11.1. The highest BCUT2D eigenvalue weighted by atomic mass is 35.5. The number of halogens is 1. The van der Waals surface area contributed by atoms with Crippen LogP contribution in [0.3, 0.4) is 0 Å². The summed E-state index contributed by atoms with van der Waals surface area (Å²) in [7, 11) is 0. The predicted octanol–water partition coefficient (Wildman–Crippen LogP) is -0.248. The fourth-order valence-corrected chi connectivity index (χ4v) is 1.38. The minimum absolute atomic E-state index is 0. The van der Waals surface area contributed by atoms with Crippen LogP contribution >= 0.6 is 12.4 Å². The van der Waals surface area contributed by atoms with Crippen LogP contribution in [0.5, 0.6) is 0 Å². The number of benzene rings is 1. The van der Waals surface area contributed by atoms with Gasteiger partial charge in [0.25, 0.3) is 0 Å². The lowest BCUT2D eigenvalue weighted by atomic mass is 9.98. The molecule has 0 bridgehead atoms. The smallest absolute Gasteiger partial charge is 0.236 e. The number of carbonyl (C=O) groups excluding carboxylic acids is 2. The average Bonchev–Trinajstić information content (AvgIpc) is 2.29. The number of hydrogen-bond acceptors (Lipinski definition) is 3. The van der Waals surface area contributed by atoms with Gasteiger partial charge in [-0.1, -0.05) is 30.3 Å². The van der Waals surface area contributed by atoms with Gasteiger partial charge < -0.3 is 16.8 Å². The second-order valence-corrected chi connectivity index (χ2v) is 3.38. The van der Waals surface area contributed by atoms with Crippen LogP contribution in [-0.2, 0) is 9.59 Å². The van der Waals surface area contributed by atoms with Gasteiger partial charge in [-0.25, -0.2) is 0 Å². The van der Waals surface area contributed by atoms with Crippen molar-refractivity contribution in [3.05, 3.63) is 35.9 Å². The fraction of sp³-hybridized carbons (Fsp3) is 0.273. The maximum atomic E-state index is 11.7. The van der Waals surface area contributed by atoms with Crippen molar-refractivity contribution in [3.63, 3.8) is 0 Å². The van der Waals surface area contributed by atoms with E-state index in [0.717, 1.165) is 5.56 Å². The van der Waals surface area contributed by atoms with E-state index >= 15 is 0 Å². The van der Waals surface area contributed by atoms with E-state index in [1.807, 2.05) is 30.3 Å². The SMILES string of the molecule is Cl.NCC(C(=O)NCC(N)=O)c1ccccc1. The Morgan fingerprint density at radius 1 is 1.24 bits per heavy atom. The van der Waals surface area contributed by atoms with Crippen LogP contribution < -0.4 is 16.8 Å².